The van der Waals surface area contributed by atoms with Gasteiger partial charge in [0, 0.05) is 54.1 Å². The van der Waals surface area contributed by atoms with Crippen molar-refractivity contribution in [3.05, 3.63) is 0 Å². The first-order valence-electron chi connectivity index (χ1n) is 5.99. The highest BCUT2D eigenvalue weighted by Crippen LogP contribution is 2.29. The number of ether oxygens (including phenoxy) is 1. The van der Waals surface area contributed by atoms with Gasteiger partial charge in [-0.05, 0) is 26.2 Å². The summed E-state index contributed by atoms with van der Waals surface area (Å²) in [5.74, 6) is 1.82. The van der Waals surface area contributed by atoms with Gasteiger partial charge in [-0.2, -0.15) is 0 Å². The smallest absolute Gasteiger partial charge is 0.0478 e. The van der Waals surface area contributed by atoms with E-state index in [1.165, 1.54) is 12.8 Å². The molecule has 4 heteroatoms. The van der Waals surface area contributed by atoms with Crippen LogP contribution < -0.4 is 0 Å². The van der Waals surface area contributed by atoms with Gasteiger partial charge in [-0.25, -0.2) is 0 Å². The molecule has 2 fully saturated rings. The maximum absolute atomic E-state index is 11.5. The largest absolute Gasteiger partial charge is 0.382 e. The topological polar surface area (TPSA) is 29.5 Å². The molecule has 2 bridgehead atoms. The molecule has 3 nitrogen and oxygen atoms in total. The average Bonchev–Trinajstić information content (AvgIpc) is 2.46. The molecular weight excluding hydrogens is 210 g/mol. The summed E-state index contributed by atoms with van der Waals surface area (Å²) in [5.41, 5.74) is 0. The first-order chi connectivity index (χ1) is 7.31. The lowest BCUT2D eigenvalue weighted by Gasteiger charge is -2.34. The number of rotatable bonds is 5. The van der Waals surface area contributed by atoms with Crippen LogP contribution in [0.15, 0.2) is 0 Å². The van der Waals surface area contributed by atoms with Gasteiger partial charge in [0.1, 0.15) is 0 Å². The molecule has 15 heavy (non-hydrogen) atoms. The zero-order valence-corrected chi connectivity index (χ0v) is 10.3. The Morgan fingerprint density at radius 1 is 1.33 bits per heavy atom. The fourth-order valence-corrected chi connectivity index (χ4v) is 4.44. The van der Waals surface area contributed by atoms with Crippen LogP contribution in [0.5, 0.6) is 0 Å². The number of hydrogen-bond acceptors (Lipinski definition) is 3. The molecule has 0 amide bonds. The molecule has 0 aromatic heterocycles. The van der Waals surface area contributed by atoms with Gasteiger partial charge >= 0.3 is 0 Å². The second kappa shape index (κ2) is 5.41. The lowest BCUT2D eigenvalue weighted by Crippen LogP contribution is -2.47. The van der Waals surface area contributed by atoms with Gasteiger partial charge in [-0.3, -0.25) is 9.11 Å². The van der Waals surface area contributed by atoms with Crippen molar-refractivity contribution < 1.29 is 8.95 Å². The average molecular weight is 231 g/mol. The predicted molar refractivity (Wildman–Crippen MR) is 62.5 cm³/mol. The van der Waals surface area contributed by atoms with Gasteiger partial charge in [-0.1, -0.05) is 0 Å². The van der Waals surface area contributed by atoms with E-state index >= 15 is 0 Å². The SMILES string of the molecule is CCOCCCN1C2CCC1CS(=O)C2. The molecule has 0 aromatic rings. The van der Waals surface area contributed by atoms with Crippen LogP contribution in [-0.2, 0) is 15.5 Å². The van der Waals surface area contributed by atoms with Crippen LogP contribution in [0, 0.1) is 0 Å². The van der Waals surface area contributed by atoms with Gasteiger partial charge < -0.3 is 4.74 Å². The van der Waals surface area contributed by atoms with E-state index in [-0.39, 0.29) is 0 Å². The van der Waals surface area contributed by atoms with E-state index in [1.54, 1.807) is 0 Å². The molecule has 2 aliphatic heterocycles. The number of fused-ring (bicyclic) bond motifs is 2. The lowest BCUT2D eigenvalue weighted by molar-refractivity contribution is 0.122. The van der Waals surface area contributed by atoms with Crippen molar-refractivity contribution in [1.29, 1.82) is 0 Å². The second-order valence-electron chi connectivity index (χ2n) is 4.45. The molecule has 2 atom stereocenters. The van der Waals surface area contributed by atoms with E-state index in [1.807, 2.05) is 6.92 Å². The molecule has 88 valence electrons. The first-order valence-corrected chi connectivity index (χ1v) is 7.48. The molecule has 0 spiro atoms. The summed E-state index contributed by atoms with van der Waals surface area (Å²) >= 11 is 0. The van der Waals surface area contributed by atoms with Gasteiger partial charge in [0.05, 0.1) is 0 Å². The van der Waals surface area contributed by atoms with E-state index in [9.17, 15) is 4.21 Å². The van der Waals surface area contributed by atoms with Crippen LogP contribution in [0.4, 0.5) is 0 Å². The molecule has 2 aliphatic rings. The maximum atomic E-state index is 11.5. The van der Waals surface area contributed by atoms with Crippen molar-refractivity contribution in [2.75, 3.05) is 31.3 Å². The number of hydrogen-bond donors (Lipinski definition) is 0. The van der Waals surface area contributed by atoms with E-state index in [4.69, 9.17) is 4.74 Å². The highest BCUT2D eigenvalue weighted by Gasteiger charge is 2.38. The summed E-state index contributed by atoms with van der Waals surface area (Å²) in [4.78, 5) is 2.57. The fourth-order valence-electron chi connectivity index (χ4n) is 2.73. The van der Waals surface area contributed by atoms with Gasteiger partial charge in [0.25, 0.3) is 0 Å². The van der Waals surface area contributed by atoms with E-state index in [0.29, 0.717) is 12.1 Å². The van der Waals surface area contributed by atoms with Gasteiger partial charge in [-0.15, -0.1) is 0 Å². The summed E-state index contributed by atoms with van der Waals surface area (Å²) in [6.45, 7) is 4.85. The third kappa shape index (κ3) is 2.80. The van der Waals surface area contributed by atoms with Crippen LogP contribution in [0.1, 0.15) is 26.2 Å². The Balaban J connectivity index is 1.76. The Bertz CT molecular complexity index is 219. The van der Waals surface area contributed by atoms with Crippen molar-refractivity contribution >= 4 is 10.8 Å². The minimum Gasteiger partial charge on any atom is -0.382 e. The number of nitrogens with zero attached hydrogens (tertiary/aromatic N) is 1. The third-order valence-corrected chi connectivity index (χ3v) is 4.95. The third-order valence-electron chi connectivity index (χ3n) is 3.44. The summed E-state index contributed by atoms with van der Waals surface area (Å²) in [7, 11) is -0.540. The Morgan fingerprint density at radius 2 is 2.00 bits per heavy atom. The Kier molecular flexibility index (Phi) is 4.17. The standard InChI is InChI=1S/C11H21NO2S/c1-2-14-7-3-6-12-10-4-5-11(12)9-15(13)8-10/h10-11H,2-9H2,1H3. The molecule has 0 saturated carbocycles. The van der Waals surface area contributed by atoms with Crippen LogP contribution in [0.2, 0.25) is 0 Å². The quantitative estimate of drug-likeness (QED) is 0.661. The monoisotopic (exact) mass is 231 g/mol. The summed E-state index contributed by atoms with van der Waals surface area (Å²) < 4.78 is 16.9. The van der Waals surface area contributed by atoms with Crippen molar-refractivity contribution in [3.8, 4) is 0 Å². The predicted octanol–water partition coefficient (Wildman–Crippen LogP) is 1.01. The highest BCUT2D eigenvalue weighted by molar-refractivity contribution is 7.85. The maximum Gasteiger partial charge on any atom is 0.0478 e. The Hall–Kier alpha value is 0.0700. The van der Waals surface area contributed by atoms with E-state index in [2.05, 4.69) is 4.90 Å². The second-order valence-corrected chi connectivity index (χ2v) is 5.99. The minimum absolute atomic E-state index is 0.540. The lowest BCUT2D eigenvalue weighted by atomic mass is 10.2. The fraction of sp³-hybridized carbons (Fsp3) is 1.00. The molecule has 2 rings (SSSR count). The van der Waals surface area contributed by atoms with Crippen molar-refractivity contribution in [2.24, 2.45) is 0 Å². The van der Waals surface area contributed by atoms with Gasteiger partial charge in [0.15, 0.2) is 0 Å². The van der Waals surface area contributed by atoms with Crippen LogP contribution in [0.3, 0.4) is 0 Å². The van der Waals surface area contributed by atoms with E-state index < -0.39 is 10.8 Å². The minimum atomic E-state index is -0.540. The van der Waals surface area contributed by atoms with Crippen molar-refractivity contribution in [3.63, 3.8) is 0 Å². The highest BCUT2D eigenvalue weighted by atomic mass is 32.2. The Labute approximate surface area is 94.6 Å². The molecular formula is C11H21NO2S. The molecule has 0 radical (unpaired) electrons. The summed E-state index contributed by atoms with van der Waals surface area (Å²) in [6.07, 6.45) is 3.63. The van der Waals surface area contributed by atoms with Crippen molar-refractivity contribution in [2.45, 2.75) is 38.3 Å². The zero-order chi connectivity index (χ0) is 10.7. The molecule has 2 heterocycles. The molecule has 0 aliphatic carbocycles. The van der Waals surface area contributed by atoms with Crippen molar-refractivity contribution in [1.82, 2.24) is 4.90 Å². The summed E-state index contributed by atoms with van der Waals surface area (Å²) in [5, 5.41) is 0. The van der Waals surface area contributed by atoms with E-state index in [0.717, 1.165) is 37.7 Å². The van der Waals surface area contributed by atoms with Crippen LogP contribution in [-0.4, -0.2) is 52.5 Å². The molecule has 2 unspecified atom stereocenters. The van der Waals surface area contributed by atoms with Crippen LogP contribution >= 0.6 is 0 Å². The van der Waals surface area contributed by atoms with Gasteiger partial charge in [0.2, 0.25) is 0 Å². The molecule has 0 N–H and O–H groups in total. The summed E-state index contributed by atoms with van der Waals surface area (Å²) in [6, 6.07) is 1.21. The van der Waals surface area contributed by atoms with Crippen LogP contribution in [0.25, 0.3) is 0 Å². The first kappa shape index (κ1) is 11.6. The normalized spacial score (nSPS) is 35.9. The molecule has 0 aromatic carbocycles. The Morgan fingerprint density at radius 3 is 2.60 bits per heavy atom. The zero-order valence-electron chi connectivity index (χ0n) is 9.48. The molecule has 2 saturated heterocycles.